The van der Waals surface area contributed by atoms with Crippen molar-refractivity contribution in [2.24, 2.45) is 0 Å². The van der Waals surface area contributed by atoms with Gasteiger partial charge in [0.1, 0.15) is 12.4 Å². The highest BCUT2D eigenvalue weighted by Crippen LogP contribution is 2.25. The zero-order valence-electron chi connectivity index (χ0n) is 15.7. The van der Waals surface area contributed by atoms with E-state index in [1.807, 2.05) is 73.7 Å². The topological polar surface area (TPSA) is 50.4 Å². The summed E-state index contributed by atoms with van der Waals surface area (Å²) in [5, 5.41) is 6.11. The molecule has 3 aromatic rings. The summed E-state index contributed by atoms with van der Waals surface area (Å²) in [5.74, 6) is 0.534. The lowest BCUT2D eigenvalue weighted by Gasteiger charge is -2.14. The van der Waals surface area contributed by atoms with Crippen LogP contribution in [0.15, 0.2) is 72.8 Å². The van der Waals surface area contributed by atoms with Crippen LogP contribution in [-0.2, 0) is 11.4 Å². The number of anilines is 2. The molecular weight excluding hydrogens is 336 g/mol. The highest BCUT2D eigenvalue weighted by Gasteiger charge is 2.08. The Labute approximate surface area is 160 Å². The number of para-hydroxylation sites is 2. The molecule has 27 heavy (non-hydrogen) atoms. The molecule has 0 heterocycles. The molecule has 2 N–H and O–H groups in total. The SMILES string of the molecule is Cc1ccc(NCC(=O)Nc2ccccc2OCc2ccccc2)c(C)c1. The summed E-state index contributed by atoms with van der Waals surface area (Å²) in [5.41, 5.74) is 5.03. The average Bonchev–Trinajstić information content (AvgIpc) is 2.67. The molecule has 4 heteroatoms. The molecule has 0 unspecified atom stereocenters. The molecule has 0 bridgehead atoms. The number of carbonyl (C=O) groups excluding carboxylic acids is 1. The Morgan fingerprint density at radius 2 is 1.63 bits per heavy atom. The maximum atomic E-state index is 12.4. The van der Waals surface area contributed by atoms with E-state index >= 15 is 0 Å². The first kappa shape index (κ1) is 18.5. The van der Waals surface area contributed by atoms with Crippen molar-refractivity contribution in [3.05, 3.63) is 89.5 Å². The van der Waals surface area contributed by atoms with Crippen LogP contribution in [0.4, 0.5) is 11.4 Å². The van der Waals surface area contributed by atoms with Crippen molar-refractivity contribution in [2.75, 3.05) is 17.2 Å². The molecule has 0 aliphatic heterocycles. The fraction of sp³-hybridized carbons (Fsp3) is 0.174. The number of nitrogens with one attached hydrogen (secondary N) is 2. The van der Waals surface area contributed by atoms with Crippen LogP contribution in [0.25, 0.3) is 0 Å². The van der Waals surface area contributed by atoms with Crippen LogP contribution < -0.4 is 15.4 Å². The van der Waals surface area contributed by atoms with Gasteiger partial charge in [0.2, 0.25) is 5.91 Å². The highest BCUT2D eigenvalue weighted by molar-refractivity contribution is 5.95. The van der Waals surface area contributed by atoms with Gasteiger partial charge in [0.25, 0.3) is 0 Å². The van der Waals surface area contributed by atoms with Crippen molar-refractivity contribution in [1.82, 2.24) is 0 Å². The number of ether oxygens (including phenoxy) is 1. The highest BCUT2D eigenvalue weighted by atomic mass is 16.5. The minimum atomic E-state index is -0.120. The summed E-state index contributed by atoms with van der Waals surface area (Å²) in [7, 11) is 0. The summed E-state index contributed by atoms with van der Waals surface area (Å²) in [4.78, 5) is 12.4. The number of hydrogen-bond acceptors (Lipinski definition) is 3. The van der Waals surface area contributed by atoms with Gasteiger partial charge < -0.3 is 15.4 Å². The number of amides is 1. The van der Waals surface area contributed by atoms with Gasteiger partial charge in [-0.15, -0.1) is 0 Å². The van der Waals surface area contributed by atoms with E-state index in [2.05, 4.69) is 23.6 Å². The quantitative estimate of drug-likeness (QED) is 0.628. The van der Waals surface area contributed by atoms with E-state index in [1.165, 1.54) is 5.56 Å². The van der Waals surface area contributed by atoms with Crippen molar-refractivity contribution in [3.63, 3.8) is 0 Å². The van der Waals surface area contributed by atoms with Crippen LogP contribution in [0.3, 0.4) is 0 Å². The van der Waals surface area contributed by atoms with E-state index in [0.29, 0.717) is 18.0 Å². The van der Waals surface area contributed by atoms with E-state index in [-0.39, 0.29) is 12.5 Å². The molecule has 0 saturated carbocycles. The van der Waals surface area contributed by atoms with Gasteiger partial charge >= 0.3 is 0 Å². The van der Waals surface area contributed by atoms with Gasteiger partial charge in [-0.2, -0.15) is 0 Å². The van der Waals surface area contributed by atoms with Crippen molar-refractivity contribution in [1.29, 1.82) is 0 Å². The third-order valence-electron chi connectivity index (χ3n) is 4.22. The Kier molecular flexibility index (Phi) is 6.10. The molecule has 138 valence electrons. The maximum absolute atomic E-state index is 12.4. The number of carbonyl (C=O) groups is 1. The minimum Gasteiger partial charge on any atom is -0.487 e. The molecule has 0 aliphatic carbocycles. The van der Waals surface area contributed by atoms with E-state index in [9.17, 15) is 4.79 Å². The first-order valence-electron chi connectivity index (χ1n) is 8.98. The zero-order chi connectivity index (χ0) is 19.1. The summed E-state index contributed by atoms with van der Waals surface area (Å²) >= 11 is 0. The Balaban J connectivity index is 1.59. The zero-order valence-corrected chi connectivity index (χ0v) is 15.7. The molecule has 3 rings (SSSR count). The fourth-order valence-electron chi connectivity index (χ4n) is 2.81. The summed E-state index contributed by atoms with van der Waals surface area (Å²) < 4.78 is 5.88. The molecule has 0 aliphatic rings. The van der Waals surface area contributed by atoms with Crippen LogP contribution in [0.2, 0.25) is 0 Å². The van der Waals surface area contributed by atoms with Gasteiger partial charge in [0.15, 0.2) is 0 Å². The van der Waals surface area contributed by atoms with Gasteiger partial charge in [0, 0.05) is 5.69 Å². The lowest BCUT2D eigenvalue weighted by molar-refractivity contribution is -0.114. The Bertz CT molecular complexity index is 907. The van der Waals surface area contributed by atoms with Gasteiger partial charge in [-0.1, -0.05) is 60.2 Å². The number of rotatable bonds is 7. The molecule has 0 atom stereocenters. The Morgan fingerprint density at radius 1 is 0.889 bits per heavy atom. The van der Waals surface area contributed by atoms with Gasteiger partial charge in [0.05, 0.1) is 12.2 Å². The van der Waals surface area contributed by atoms with Crippen LogP contribution in [0.5, 0.6) is 5.75 Å². The monoisotopic (exact) mass is 360 g/mol. The third kappa shape index (κ3) is 5.35. The lowest BCUT2D eigenvalue weighted by Crippen LogP contribution is -2.22. The number of hydrogen-bond donors (Lipinski definition) is 2. The van der Waals surface area contributed by atoms with Crippen molar-refractivity contribution in [2.45, 2.75) is 20.5 Å². The van der Waals surface area contributed by atoms with Crippen molar-refractivity contribution >= 4 is 17.3 Å². The number of aryl methyl sites for hydroxylation is 2. The van der Waals surface area contributed by atoms with E-state index < -0.39 is 0 Å². The first-order valence-corrected chi connectivity index (χ1v) is 8.98. The maximum Gasteiger partial charge on any atom is 0.243 e. The van der Waals surface area contributed by atoms with Crippen LogP contribution >= 0.6 is 0 Å². The second-order valence-corrected chi connectivity index (χ2v) is 6.49. The van der Waals surface area contributed by atoms with Gasteiger partial charge in [-0.05, 0) is 43.2 Å². The smallest absolute Gasteiger partial charge is 0.243 e. The predicted octanol–water partition coefficient (Wildman–Crippen LogP) is 4.93. The summed E-state index contributed by atoms with van der Waals surface area (Å²) in [6, 6.07) is 23.5. The molecule has 3 aromatic carbocycles. The molecule has 0 radical (unpaired) electrons. The average molecular weight is 360 g/mol. The Morgan fingerprint density at radius 3 is 2.41 bits per heavy atom. The number of benzene rings is 3. The van der Waals surface area contributed by atoms with Crippen LogP contribution in [0.1, 0.15) is 16.7 Å². The standard InChI is InChI=1S/C23H24N2O2/c1-17-12-13-20(18(2)14-17)24-15-23(26)25-21-10-6-7-11-22(21)27-16-19-8-4-3-5-9-19/h3-14,24H,15-16H2,1-2H3,(H,25,26). The van der Waals surface area contributed by atoms with E-state index in [0.717, 1.165) is 16.8 Å². The van der Waals surface area contributed by atoms with Crippen LogP contribution in [-0.4, -0.2) is 12.5 Å². The minimum absolute atomic E-state index is 0.120. The Hall–Kier alpha value is -3.27. The van der Waals surface area contributed by atoms with Gasteiger partial charge in [-0.3, -0.25) is 4.79 Å². The molecule has 0 spiro atoms. The second kappa shape index (κ2) is 8.90. The fourth-order valence-corrected chi connectivity index (χ4v) is 2.81. The molecule has 4 nitrogen and oxygen atoms in total. The molecule has 1 amide bonds. The van der Waals surface area contributed by atoms with Crippen molar-refractivity contribution in [3.8, 4) is 5.75 Å². The largest absolute Gasteiger partial charge is 0.487 e. The summed E-state index contributed by atoms with van der Waals surface area (Å²) in [6.45, 7) is 4.72. The summed E-state index contributed by atoms with van der Waals surface area (Å²) in [6.07, 6.45) is 0. The second-order valence-electron chi connectivity index (χ2n) is 6.49. The molecular formula is C23H24N2O2. The van der Waals surface area contributed by atoms with Gasteiger partial charge in [-0.25, -0.2) is 0 Å². The molecule has 0 aromatic heterocycles. The normalized spacial score (nSPS) is 10.3. The van der Waals surface area contributed by atoms with Crippen molar-refractivity contribution < 1.29 is 9.53 Å². The molecule has 0 fully saturated rings. The van der Waals surface area contributed by atoms with E-state index in [4.69, 9.17) is 4.74 Å². The predicted molar refractivity (Wildman–Crippen MR) is 110 cm³/mol. The van der Waals surface area contributed by atoms with Crippen LogP contribution in [0, 0.1) is 13.8 Å². The third-order valence-corrected chi connectivity index (χ3v) is 4.22. The lowest BCUT2D eigenvalue weighted by atomic mass is 10.1. The molecule has 0 saturated heterocycles. The first-order chi connectivity index (χ1) is 13.1. The van der Waals surface area contributed by atoms with E-state index in [1.54, 1.807) is 0 Å².